The van der Waals surface area contributed by atoms with Crippen LogP contribution in [0.25, 0.3) is 0 Å². The van der Waals surface area contributed by atoms with Crippen LogP contribution >= 0.6 is 27.3 Å². The van der Waals surface area contributed by atoms with E-state index in [2.05, 4.69) is 22.0 Å². The SMILES string of the molecule is CC(O)Cc1ccc(OCc2cc(Br)cs2)cc1. The third-order valence-electron chi connectivity index (χ3n) is 2.46. The molecule has 1 heterocycles. The third kappa shape index (κ3) is 4.12. The van der Waals surface area contributed by atoms with Gasteiger partial charge in [0.05, 0.1) is 6.10 Å². The standard InChI is InChI=1S/C14H15BrO2S/c1-10(16)6-11-2-4-13(5-3-11)17-8-14-7-12(15)9-18-14/h2-5,7,9-10,16H,6,8H2,1H3. The third-order valence-corrected chi connectivity index (χ3v) is 4.13. The highest BCUT2D eigenvalue weighted by molar-refractivity contribution is 9.10. The second-order valence-electron chi connectivity index (χ2n) is 4.22. The molecule has 2 rings (SSSR count). The summed E-state index contributed by atoms with van der Waals surface area (Å²) < 4.78 is 6.79. The van der Waals surface area contributed by atoms with Crippen LogP contribution in [0.5, 0.6) is 5.75 Å². The molecule has 1 atom stereocenters. The predicted molar refractivity (Wildman–Crippen MR) is 78.2 cm³/mol. The molecular weight excluding hydrogens is 312 g/mol. The van der Waals surface area contributed by atoms with Crippen LogP contribution in [0.15, 0.2) is 40.2 Å². The molecule has 0 bridgehead atoms. The van der Waals surface area contributed by atoms with Crippen LogP contribution in [0.1, 0.15) is 17.4 Å². The van der Waals surface area contributed by atoms with Gasteiger partial charge in [-0.05, 0) is 53.0 Å². The van der Waals surface area contributed by atoms with Crippen LogP contribution in [0.2, 0.25) is 0 Å². The fraction of sp³-hybridized carbons (Fsp3) is 0.286. The fourth-order valence-corrected chi connectivity index (χ4v) is 3.01. The molecule has 4 heteroatoms. The molecule has 96 valence electrons. The van der Waals surface area contributed by atoms with E-state index in [1.807, 2.05) is 29.6 Å². The summed E-state index contributed by atoms with van der Waals surface area (Å²) in [4.78, 5) is 1.19. The Kier molecular flexibility index (Phi) is 4.80. The van der Waals surface area contributed by atoms with E-state index in [0.29, 0.717) is 13.0 Å². The van der Waals surface area contributed by atoms with Crippen molar-refractivity contribution in [2.24, 2.45) is 0 Å². The van der Waals surface area contributed by atoms with E-state index in [9.17, 15) is 5.11 Å². The van der Waals surface area contributed by atoms with Gasteiger partial charge < -0.3 is 9.84 Å². The highest BCUT2D eigenvalue weighted by Crippen LogP contribution is 2.22. The smallest absolute Gasteiger partial charge is 0.122 e. The number of aliphatic hydroxyl groups is 1. The summed E-state index contributed by atoms with van der Waals surface area (Å²) >= 11 is 5.10. The lowest BCUT2D eigenvalue weighted by molar-refractivity contribution is 0.195. The van der Waals surface area contributed by atoms with Crippen LogP contribution in [0.3, 0.4) is 0 Å². The van der Waals surface area contributed by atoms with Gasteiger partial charge in [0.1, 0.15) is 12.4 Å². The maximum atomic E-state index is 9.30. The molecule has 0 amide bonds. The van der Waals surface area contributed by atoms with Crippen molar-refractivity contribution in [1.29, 1.82) is 0 Å². The largest absolute Gasteiger partial charge is 0.488 e. The number of thiophene rings is 1. The number of benzene rings is 1. The van der Waals surface area contributed by atoms with Crippen LogP contribution in [-0.2, 0) is 13.0 Å². The highest BCUT2D eigenvalue weighted by Gasteiger charge is 2.01. The number of hydrogen-bond donors (Lipinski definition) is 1. The van der Waals surface area contributed by atoms with E-state index >= 15 is 0 Å². The lowest BCUT2D eigenvalue weighted by atomic mass is 10.1. The second-order valence-corrected chi connectivity index (χ2v) is 6.13. The molecule has 2 nitrogen and oxygen atoms in total. The van der Waals surface area contributed by atoms with Gasteiger partial charge in [0.25, 0.3) is 0 Å². The first-order valence-electron chi connectivity index (χ1n) is 5.76. The Morgan fingerprint density at radius 1 is 1.33 bits per heavy atom. The summed E-state index contributed by atoms with van der Waals surface area (Å²) in [5.41, 5.74) is 1.12. The Morgan fingerprint density at radius 3 is 2.61 bits per heavy atom. The van der Waals surface area contributed by atoms with Gasteiger partial charge in [-0.15, -0.1) is 11.3 Å². The number of halogens is 1. The second kappa shape index (κ2) is 6.36. The summed E-state index contributed by atoms with van der Waals surface area (Å²) in [6, 6.07) is 9.94. The molecule has 0 aliphatic carbocycles. The van der Waals surface area contributed by atoms with Gasteiger partial charge in [-0.3, -0.25) is 0 Å². The van der Waals surface area contributed by atoms with Crippen molar-refractivity contribution in [3.05, 3.63) is 50.6 Å². The van der Waals surface area contributed by atoms with Gasteiger partial charge in [0.15, 0.2) is 0 Å². The van der Waals surface area contributed by atoms with Crippen molar-refractivity contribution >= 4 is 27.3 Å². The van der Waals surface area contributed by atoms with Gasteiger partial charge in [0, 0.05) is 14.7 Å². The summed E-state index contributed by atoms with van der Waals surface area (Å²) in [7, 11) is 0. The minimum Gasteiger partial charge on any atom is -0.488 e. The topological polar surface area (TPSA) is 29.5 Å². The molecule has 0 radical (unpaired) electrons. The monoisotopic (exact) mass is 326 g/mol. The molecule has 0 aliphatic rings. The minimum atomic E-state index is -0.305. The highest BCUT2D eigenvalue weighted by atomic mass is 79.9. The molecule has 1 N–H and O–H groups in total. The molecule has 1 unspecified atom stereocenters. The summed E-state index contributed by atoms with van der Waals surface area (Å²) in [6.07, 6.45) is 0.373. The van der Waals surface area contributed by atoms with Crippen molar-refractivity contribution < 1.29 is 9.84 Å². The van der Waals surface area contributed by atoms with E-state index in [4.69, 9.17) is 4.74 Å². The van der Waals surface area contributed by atoms with Gasteiger partial charge in [0.2, 0.25) is 0 Å². The van der Waals surface area contributed by atoms with Crippen molar-refractivity contribution in [2.75, 3.05) is 0 Å². The normalized spacial score (nSPS) is 12.4. The molecular formula is C14H15BrO2S. The molecule has 0 spiro atoms. The lowest BCUT2D eigenvalue weighted by Crippen LogP contribution is -2.03. The number of rotatable bonds is 5. The molecule has 1 aromatic heterocycles. The Labute approximate surface area is 119 Å². The van der Waals surface area contributed by atoms with Gasteiger partial charge in [-0.1, -0.05) is 12.1 Å². The molecule has 0 saturated heterocycles. The van der Waals surface area contributed by atoms with Crippen LogP contribution in [0.4, 0.5) is 0 Å². The number of hydrogen-bond acceptors (Lipinski definition) is 3. The molecule has 0 fully saturated rings. The lowest BCUT2D eigenvalue weighted by Gasteiger charge is -2.07. The zero-order valence-corrected chi connectivity index (χ0v) is 12.5. The minimum absolute atomic E-state index is 0.305. The average Bonchev–Trinajstić information content (AvgIpc) is 2.74. The Bertz CT molecular complexity index is 491. The van der Waals surface area contributed by atoms with Crippen LogP contribution in [-0.4, -0.2) is 11.2 Å². The van der Waals surface area contributed by atoms with Gasteiger partial charge >= 0.3 is 0 Å². The zero-order valence-electron chi connectivity index (χ0n) is 10.1. The molecule has 18 heavy (non-hydrogen) atoms. The van der Waals surface area contributed by atoms with E-state index in [0.717, 1.165) is 15.8 Å². The van der Waals surface area contributed by atoms with E-state index in [1.165, 1.54) is 4.88 Å². The van der Waals surface area contributed by atoms with Gasteiger partial charge in [-0.25, -0.2) is 0 Å². The molecule has 0 aliphatic heterocycles. The van der Waals surface area contributed by atoms with Crippen LogP contribution < -0.4 is 4.74 Å². The first-order chi connectivity index (χ1) is 8.63. The molecule has 0 saturated carbocycles. The Balaban J connectivity index is 1.90. The van der Waals surface area contributed by atoms with E-state index < -0.39 is 0 Å². The Morgan fingerprint density at radius 2 is 2.06 bits per heavy atom. The number of ether oxygens (including phenoxy) is 1. The number of aliphatic hydroxyl groups excluding tert-OH is 1. The first-order valence-corrected chi connectivity index (χ1v) is 7.43. The molecule has 2 aromatic rings. The molecule has 1 aromatic carbocycles. The quantitative estimate of drug-likeness (QED) is 0.899. The van der Waals surface area contributed by atoms with Crippen LogP contribution in [0, 0.1) is 0 Å². The van der Waals surface area contributed by atoms with Crippen molar-refractivity contribution in [1.82, 2.24) is 0 Å². The maximum Gasteiger partial charge on any atom is 0.122 e. The maximum absolute atomic E-state index is 9.30. The van der Waals surface area contributed by atoms with E-state index in [-0.39, 0.29) is 6.10 Å². The average molecular weight is 327 g/mol. The zero-order chi connectivity index (χ0) is 13.0. The van der Waals surface area contributed by atoms with E-state index in [1.54, 1.807) is 18.3 Å². The summed E-state index contributed by atoms with van der Waals surface area (Å²) in [5.74, 6) is 0.855. The first kappa shape index (κ1) is 13.6. The summed E-state index contributed by atoms with van der Waals surface area (Å²) in [5, 5.41) is 11.3. The van der Waals surface area contributed by atoms with Gasteiger partial charge in [-0.2, -0.15) is 0 Å². The predicted octanol–water partition coefficient (Wildman–Crippen LogP) is 4.01. The van der Waals surface area contributed by atoms with Crippen molar-refractivity contribution in [3.8, 4) is 5.75 Å². The summed E-state index contributed by atoms with van der Waals surface area (Å²) in [6.45, 7) is 2.38. The van der Waals surface area contributed by atoms with Crippen molar-refractivity contribution in [3.63, 3.8) is 0 Å². The Hall–Kier alpha value is -0.840. The van der Waals surface area contributed by atoms with Crippen molar-refractivity contribution in [2.45, 2.75) is 26.1 Å². The fourth-order valence-electron chi connectivity index (χ4n) is 1.65.